The molecule has 0 aromatic carbocycles. The van der Waals surface area contributed by atoms with Crippen molar-refractivity contribution in [2.75, 3.05) is 0 Å². The van der Waals surface area contributed by atoms with E-state index in [0.717, 1.165) is 0 Å². The van der Waals surface area contributed by atoms with Gasteiger partial charge in [0.05, 0.1) is 0 Å². The maximum atomic E-state index is 8.06. The molecule has 0 rings (SSSR count). The van der Waals surface area contributed by atoms with E-state index >= 15 is 0 Å². The quantitative estimate of drug-likeness (QED) is 0.576. The van der Waals surface area contributed by atoms with Gasteiger partial charge in [-0.3, -0.25) is 4.57 Å². The highest BCUT2D eigenvalue weighted by atomic mass is 35.7. The molecule has 0 saturated heterocycles. The predicted molar refractivity (Wildman–Crippen MR) is 50.2 cm³/mol. The topological polar surface area (TPSA) is 17.1 Å². The predicted octanol–water partition coefficient (Wildman–Crippen LogP) is 2.39. The summed E-state index contributed by atoms with van der Waals surface area (Å²) in [6.07, 6.45) is 0. The molecule has 0 amide bonds. The molecule has 7 heteroatoms. The zero-order valence-electron chi connectivity index (χ0n) is 3.39. The Morgan fingerprint density at radius 1 is 1.14 bits per heavy atom. The Bertz CT molecular complexity index is 10.1. The minimum absolute atomic E-state index is 0. The first kappa shape index (κ1) is 36.9. The Kier molecular flexibility index (Phi) is 575. The molecule has 7 heavy (non-hydrogen) atoms. The van der Waals surface area contributed by atoms with Crippen molar-refractivity contribution < 1.29 is 4.57 Å². The van der Waals surface area contributed by atoms with Crippen LogP contribution in [-0.2, 0) is 4.57 Å². The molecule has 0 bridgehead atoms. The lowest BCUT2D eigenvalue weighted by Crippen LogP contribution is -0.489. The van der Waals surface area contributed by atoms with E-state index in [-0.39, 0.29) is 34.7 Å². The van der Waals surface area contributed by atoms with E-state index in [4.69, 9.17) is 4.57 Å². The van der Waals surface area contributed by atoms with Gasteiger partial charge in [-0.1, -0.05) is 0 Å². The van der Waals surface area contributed by atoms with Crippen LogP contribution in [0.4, 0.5) is 0 Å². The number of halogens is 3. The Balaban J connectivity index is -0.00000000267. The van der Waals surface area contributed by atoms with Crippen molar-refractivity contribution in [3.63, 3.8) is 0 Å². The zero-order chi connectivity index (χ0) is 4.00. The Morgan fingerprint density at radius 2 is 1.14 bits per heavy atom. The van der Waals surface area contributed by atoms with Crippen molar-refractivity contribution in [3.05, 3.63) is 0 Å². The molecule has 2 atom stereocenters. The zero-order valence-corrected chi connectivity index (χ0v) is 9.35. The summed E-state index contributed by atoms with van der Waals surface area (Å²) in [6, 6.07) is 0. The average Bonchev–Trinajstić information content (AvgIpc) is 1.50. The van der Waals surface area contributed by atoms with E-state index in [1.54, 1.807) is 9.12 Å². The molecule has 0 heterocycles. The van der Waals surface area contributed by atoms with Crippen LogP contribution in [0, 0.1) is 0 Å². The smallest absolute Gasteiger partial charge is 0.138 e. The van der Waals surface area contributed by atoms with Gasteiger partial charge in [-0.05, 0) is 8.59 Å². The van der Waals surface area contributed by atoms with Gasteiger partial charge in [0.25, 0.3) is 0 Å². The Labute approximate surface area is 68.4 Å². The monoisotopic (exact) mass is 222 g/mol. The average molecular weight is 223 g/mol. The van der Waals surface area contributed by atoms with Crippen LogP contribution in [0.25, 0.3) is 0 Å². The van der Waals surface area contributed by atoms with Gasteiger partial charge in [-0.2, -0.15) is 9.90 Å². The highest BCUT2D eigenvalue weighted by Gasteiger charge is 0.929. The van der Waals surface area contributed by atoms with Crippen LogP contribution in [0.15, 0.2) is 0 Å². The van der Waals surface area contributed by atoms with Gasteiger partial charge >= 0.3 is 0 Å². The molecule has 0 aromatic heterocycles. The minimum atomic E-state index is 0. The molecule has 0 aliphatic heterocycles. The normalized spacial score (nSPS) is 1.43. The van der Waals surface area contributed by atoms with Gasteiger partial charge in [-0.25, -0.2) is 0 Å². The van der Waals surface area contributed by atoms with Gasteiger partial charge in [0.2, 0.25) is 0 Å². The largest absolute Gasteiger partial charge is 0.279 e. The second-order valence-corrected chi connectivity index (χ2v) is 0. The van der Waals surface area contributed by atoms with E-state index in [1.165, 1.54) is 0 Å². The van der Waals surface area contributed by atoms with Crippen molar-refractivity contribution in [2.45, 2.75) is 0 Å². The second-order valence-electron chi connectivity index (χ2n) is 0. The summed E-state index contributed by atoms with van der Waals surface area (Å²) in [4.78, 5) is 0. The maximum Gasteiger partial charge on any atom is 0.138 e. The molecule has 0 spiro atoms. The third-order valence-electron chi connectivity index (χ3n) is 0. The van der Waals surface area contributed by atoms with Gasteiger partial charge < -0.3 is 0 Å². The standard InChI is InChI=1S/ClH2P.2ClH.HOP.H3P/c1-2;;;1-2;/h2H2;2*1H;2H;1H3. The summed E-state index contributed by atoms with van der Waals surface area (Å²) >= 11 is 4.56. The number of rotatable bonds is 0. The van der Waals surface area contributed by atoms with Gasteiger partial charge in [0, 0.05) is 0 Å². The molecule has 0 radical (unpaired) electrons. The highest BCUT2D eigenvalue weighted by molar-refractivity contribution is 7.52. The first-order valence-corrected chi connectivity index (χ1v) is 2.58. The molecule has 0 aromatic rings. The summed E-state index contributed by atoms with van der Waals surface area (Å²) in [6.45, 7) is 0. The van der Waals surface area contributed by atoms with Crippen molar-refractivity contribution in [1.29, 1.82) is 0 Å². The van der Waals surface area contributed by atoms with E-state index in [0.29, 0.717) is 0 Å². The van der Waals surface area contributed by atoms with Crippen LogP contribution in [0.2, 0.25) is 0 Å². The van der Waals surface area contributed by atoms with Crippen LogP contribution in [-0.4, -0.2) is 0 Å². The Morgan fingerprint density at radius 3 is 1.14 bits per heavy atom. The molecular formula is H8Cl3OP3. The highest BCUT2D eigenvalue weighted by Crippen LogP contribution is 1.78. The van der Waals surface area contributed by atoms with E-state index in [9.17, 15) is 0 Å². The molecule has 2 unspecified atom stereocenters. The van der Waals surface area contributed by atoms with Crippen molar-refractivity contribution in [1.82, 2.24) is 0 Å². The third kappa shape index (κ3) is 79.5. The number of hydrogen-bond acceptors (Lipinski definition) is 1. The summed E-state index contributed by atoms with van der Waals surface area (Å²) in [5.74, 6) is 0. The minimum Gasteiger partial charge on any atom is -0.279 e. The van der Waals surface area contributed by atoms with Crippen LogP contribution < -0.4 is 0 Å². The van der Waals surface area contributed by atoms with Gasteiger partial charge in [-0.15, -0.1) is 36.1 Å². The fourth-order valence-electron chi connectivity index (χ4n) is 0. The molecule has 0 N–H and O–H groups in total. The third-order valence-corrected chi connectivity index (χ3v) is 0. The molecule has 1 nitrogen and oxygen atoms in total. The molecule has 0 fully saturated rings. The van der Waals surface area contributed by atoms with E-state index in [1.807, 2.05) is 8.59 Å². The fraction of sp³-hybridized carbons (Fsp3) is 0. The van der Waals surface area contributed by atoms with Crippen LogP contribution in [0.5, 0.6) is 0 Å². The summed E-state index contributed by atoms with van der Waals surface area (Å²) < 4.78 is 8.06. The summed E-state index contributed by atoms with van der Waals surface area (Å²) in [5.41, 5.74) is 0. The summed E-state index contributed by atoms with van der Waals surface area (Å²) in [7, 11) is 3.61. The SMILES string of the molecule is Cl.Cl.O=P.P.PCl. The van der Waals surface area contributed by atoms with Crippen molar-refractivity contribution in [3.8, 4) is 0 Å². The first-order valence-electron chi connectivity index (χ1n) is 0.422. The second kappa shape index (κ2) is 109. The molecule has 50 valence electrons. The van der Waals surface area contributed by atoms with Crippen LogP contribution >= 0.6 is 63.7 Å². The molecule has 0 saturated carbocycles. The first-order chi connectivity index (χ1) is 2.00. The maximum absolute atomic E-state index is 8.06. The lowest BCUT2D eigenvalue weighted by atomic mass is 16.0. The lowest BCUT2D eigenvalue weighted by molar-refractivity contribution is 0.607. The summed E-state index contributed by atoms with van der Waals surface area (Å²) in [5, 5.41) is 0. The van der Waals surface area contributed by atoms with Gasteiger partial charge in [0.15, 0.2) is 0 Å². The fourth-order valence-corrected chi connectivity index (χ4v) is 0. The van der Waals surface area contributed by atoms with Crippen LogP contribution in [0.3, 0.4) is 0 Å². The van der Waals surface area contributed by atoms with Crippen molar-refractivity contribution in [2.24, 2.45) is 0 Å². The van der Waals surface area contributed by atoms with Crippen LogP contribution in [0.1, 0.15) is 0 Å². The van der Waals surface area contributed by atoms with Crippen molar-refractivity contribution >= 4 is 63.7 Å². The van der Waals surface area contributed by atoms with Gasteiger partial charge in [0.1, 0.15) is 9.12 Å². The molecule has 0 aliphatic rings. The van der Waals surface area contributed by atoms with E-state index in [2.05, 4.69) is 11.2 Å². The Hall–Kier alpha value is 1.83. The molecule has 0 aliphatic carbocycles. The van der Waals surface area contributed by atoms with E-state index < -0.39 is 0 Å². The lowest BCUT2D eigenvalue weighted by Gasteiger charge is -1.07. The molecular weight excluding hydrogens is 215 g/mol. The number of hydrogen-bond donors (Lipinski definition) is 0.